The zero-order chi connectivity index (χ0) is 18.4. The van der Waals surface area contributed by atoms with Crippen LogP contribution in [0.3, 0.4) is 0 Å². The van der Waals surface area contributed by atoms with E-state index in [0.29, 0.717) is 24.9 Å². The molecule has 2 N–H and O–H groups in total. The Kier molecular flexibility index (Phi) is 6.13. The van der Waals surface area contributed by atoms with Crippen LogP contribution in [-0.2, 0) is 11.3 Å². The number of hydrazine groups is 1. The molecular weight excluding hydrogens is 324 g/mol. The highest BCUT2D eigenvalue weighted by molar-refractivity contribution is 5.69. The minimum absolute atomic E-state index is 0.128. The first-order chi connectivity index (χ1) is 11.8. The fourth-order valence-corrected chi connectivity index (χ4v) is 2.44. The summed E-state index contributed by atoms with van der Waals surface area (Å²) in [6, 6.07) is 0. The van der Waals surface area contributed by atoms with Crippen LogP contribution in [0.15, 0.2) is 22.2 Å². The number of amides is 1. The molecule has 1 fully saturated rings. The summed E-state index contributed by atoms with van der Waals surface area (Å²) < 4.78 is 11.1. The summed E-state index contributed by atoms with van der Waals surface area (Å²) in [5.41, 5.74) is -0.489. The monoisotopic (exact) mass is 350 g/mol. The third-order valence-electron chi connectivity index (χ3n) is 3.60. The summed E-state index contributed by atoms with van der Waals surface area (Å²) >= 11 is 0. The van der Waals surface area contributed by atoms with Crippen LogP contribution in [0.4, 0.5) is 4.79 Å². The molecule has 0 spiro atoms. The highest BCUT2D eigenvalue weighted by atomic mass is 16.6. The number of hydrogen-bond acceptors (Lipinski definition) is 8. The van der Waals surface area contributed by atoms with Crippen molar-refractivity contribution in [2.45, 2.75) is 51.7 Å². The van der Waals surface area contributed by atoms with E-state index < -0.39 is 5.60 Å². The van der Waals surface area contributed by atoms with Crippen molar-refractivity contribution in [1.29, 1.82) is 0 Å². The van der Waals surface area contributed by atoms with Gasteiger partial charge in [-0.05, 0) is 39.7 Å². The van der Waals surface area contributed by atoms with Crippen molar-refractivity contribution < 1.29 is 13.9 Å². The van der Waals surface area contributed by atoms with Gasteiger partial charge in [-0.3, -0.25) is 0 Å². The van der Waals surface area contributed by atoms with Crippen molar-refractivity contribution >= 4 is 12.3 Å². The molecule has 0 saturated carbocycles. The van der Waals surface area contributed by atoms with Crippen LogP contribution in [0.25, 0.3) is 0 Å². The van der Waals surface area contributed by atoms with Crippen molar-refractivity contribution in [3.8, 4) is 0 Å². The molecule has 1 aromatic heterocycles. The van der Waals surface area contributed by atoms with Crippen LogP contribution in [0.1, 0.15) is 51.3 Å². The number of nitrogens with two attached hydrogens (primary N) is 1. The van der Waals surface area contributed by atoms with Gasteiger partial charge in [-0.15, -0.1) is 10.2 Å². The molecule has 1 aliphatic rings. The van der Waals surface area contributed by atoms with Crippen LogP contribution in [-0.4, -0.2) is 51.2 Å². The zero-order valence-corrected chi connectivity index (χ0v) is 15.0. The van der Waals surface area contributed by atoms with Crippen LogP contribution in [0.2, 0.25) is 0 Å². The minimum Gasteiger partial charge on any atom is -0.444 e. The van der Waals surface area contributed by atoms with Gasteiger partial charge in [0.15, 0.2) is 0 Å². The number of carbonyl (C=O) groups excluding carboxylic acids is 1. The summed E-state index contributed by atoms with van der Waals surface area (Å²) in [4.78, 5) is 13.8. The van der Waals surface area contributed by atoms with E-state index in [-0.39, 0.29) is 18.6 Å². The number of likely N-dealkylation sites (tertiary alicyclic amines) is 1. The van der Waals surface area contributed by atoms with E-state index in [4.69, 9.17) is 15.0 Å². The molecule has 138 valence electrons. The molecule has 0 atom stereocenters. The van der Waals surface area contributed by atoms with Crippen molar-refractivity contribution in [1.82, 2.24) is 20.2 Å². The molecule has 1 amide bonds. The first kappa shape index (κ1) is 18.9. The highest BCUT2D eigenvalue weighted by Gasteiger charge is 2.29. The second-order valence-electron chi connectivity index (χ2n) is 6.87. The first-order valence-corrected chi connectivity index (χ1v) is 8.26. The molecule has 1 saturated heterocycles. The van der Waals surface area contributed by atoms with Gasteiger partial charge in [-0.25, -0.2) is 15.8 Å². The Labute approximate surface area is 147 Å². The maximum absolute atomic E-state index is 12.1. The molecule has 2 heterocycles. The predicted octanol–water partition coefficient (Wildman–Crippen LogP) is 2.03. The largest absolute Gasteiger partial charge is 0.444 e. The second kappa shape index (κ2) is 8.11. The van der Waals surface area contributed by atoms with E-state index in [0.717, 1.165) is 12.8 Å². The molecule has 25 heavy (non-hydrogen) atoms. The highest BCUT2D eigenvalue weighted by Crippen LogP contribution is 2.28. The third-order valence-corrected chi connectivity index (χ3v) is 3.60. The Morgan fingerprint density at radius 2 is 2.16 bits per heavy atom. The molecule has 0 bridgehead atoms. The minimum atomic E-state index is -0.489. The van der Waals surface area contributed by atoms with Gasteiger partial charge >= 0.3 is 6.09 Å². The van der Waals surface area contributed by atoms with Crippen molar-refractivity contribution in [2.75, 3.05) is 13.1 Å². The van der Waals surface area contributed by atoms with Gasteiger partial charge in [-0.1, -0.05) is 6.58 Å². The number of ether oxygens (including phenoxy) is 1. The van der Waals surface area contributed by atoms with Crippen molar-refractivity contribution in [3.05, 3.63) is 24.4 Å². The Morgan fingerprint density at radius 3 is 2.76 bits per heavy atom. The van der Waals surface area contributed by atoms with Gasteiger partial charge in [0.2, 0.25) is 11.8 Å². The molecule has 1 aliphatic heterocycles. The van der Waals surface area contributed by atoms with Gasteiger partial charge < -0.3 is 14.1 Å². The van der Waals surface area contributed by atoms with E-state index in [1.807, 2.05) is 20.8 Å². The van der Waals surface area contributed by atoms with E-state index in [1.54, 1.807) is 4.90 Å². The number of allylic oxidation sites excluding steroid dienone is 1. The number of piperidine rings is 1. The lowest BCUT2D eigenvalue weighted by molar-refractivity contribution is 0.0198. The number of aromatic nitrogens is 2. The van der Waals surface area contributed by atoms with E-state index in [9.17, 15) is 4.79 Å². The Bertz CT molecular complexity index is 614. The maximum Gasteiger partial charge on any atom is 0.410 e. The van der Waals surface area contributed by atoms with Gasteiger partial charge in [0.05, 0.1) is 0 Å². The van der Waals surface area contributed by atoms with Crippen LogP contribution < -0.4 is 5.84 Å². The normalized spacial score (nSPS) is 16.2. The summed E-state index contributed by atoms with van der Waals surface area (Å²) in [5.74, 6) is 6.78. The molecular formula is C16H26N6O3. The lowest BCUT2D eigenvalue weighted by Gasteiger charge is -2.32. The fraction of sp³-hybridized carbons (Fsp3) is 0.625. The van der Waals surface area contributed by atoms with Crippen molar-refractivity contribution in [3.63, 3.8) is 0 Å². The molecule has 0 unspecified atom stereocenters. The van der Waals surface area contributed by atoms with E-state index in [1.165, 1.54) is 17.4 Å². The summed E-state index contributed by atoms with van der Waals surface area (Å²) in [6.45, 7) is 10.5. The summed E-state index contributed by atoms with van der Waals surface area (Å²) in [6.07, 6.45) is 4.22. The summed E-state index contributed by atoms with van der Waals surface area (Å²) in [5, 5.41) is 13.2. The van der Waals surface area contributed by atoms with Gasteiger partial charge in [-0.2, -0.15) is 5.10 Å². The Hall–Kier alpha value is -2.42. The SMILES string of the molecule is C=C/C=N\N(N)Cc1nnc(C2CCN(C(=O)OC(C)(C)C)CC2)o1. The van der Waals surface area contributed by atoms with Gasteiger partial charge in [0.1, 0.15) is 12.1 Å². The second-order valence-corrected chi connectivity index (χ2v) is 6.87. The predicted molar refractivity (Wildman–Crippen MR) is 92.5 cm³/mol. The summed E-state index contributed by atoms with van der Waals surface area (Å²) in [7, 11) is 0. The molecule has 0 aliphatic carbocycles. The molecule has 9 nitrogen and oxygen atoms in total. The number of hydrogen-bond donors (Lipinski definition) is 1. The average molecular weight is 350 g/mol. The topological polar surface area (TPSA) is 110 Å². The number of rotatable bonds is 5. The number of hydrazone groups is 1. The smallest absolute Gasteiger partial charge is 0.410 e. The lowest BCUT2D eigenvalue weighted by atomic mass is 9.97. The van der Waals surface area contributed by atoms with Crippen LogP contribution >= 0.6 is 0 Å². The van der Waals surface area contributed by atoms with E-state index in [2.05, 4.69) is 21.9 Å². The van der Waals surface area contributed by atoms with Gasteiger partial charge in [0, 0.05) is 25.2 Å². The third kappa shape index (κ3) is 5.86. The van der Waals surface area contributed by atoms with Gasteiger partial charge in [0.25, 0.3) is 0 Å². The quantitative estimate of drug-likeness (QED) is 0.491. The number of nitrogens with zero attached hydrogens (tertiary/aromatic N) is 5. The number of carbonyl (C=O) groups is 1. The maximum atomic E-state index is 12.1. The molecule has 0 aromatic carbocycles. The molecule has 0 radical (unpaired) electrons. The molecule has 9 heteroatoms. The first-order valence-electron chi connectivity index (χ1n) is 8.26. The van der Waals surface area contributed by atoms with Crippen LogP contribution in [0.5, 0.6) is 0 Å². The standard InChI is InChI=1S/C16H26N6O3/c1-5-8-18-22(17)11-13-19-20-14(24-13)12-6-9-21(10-7-12)15(23)25-16(2,3)4/h5,8,12H,1,6-7,9-11,17H2,2-4H3/b18-8-. The fourth-order valence-electron chi connectivity index (χ4n) is 2.44. The Balaban J connectivity index is 1.86. The van der Waals surface area contributed by atoms with Crippen molar-refractivity contribution in [2.24, 2.45) is 10.9 Å². The zero-order valence-electron chi connectivity index (χ0n) is 15.0. The average Bonchev–Trinajstić information content (AvgIpc) is 3.00. The van der Waals surface area contributed by atoms with E-state index >= 15 is 0 Å². The Morgan fingerprint density at radius 1 is 1.48 bits per heavy atom. The molecule has 2 rings (SSSR count). The lowest BCUT2D eigenvalue weighted by Crippen LogP contribution is -2.41. The molecule has 1 aromatic rings. The van der Waals surface area contributed by atoms with Crippen LogP contribution in [0, 0.1) is 0 Å².